The summed E-state index contributed by atoms with van der Waals surface area (Å²) in [5, 5.41) is 6.22. The minimum Gasteiger partial charge on any atom is -0.370 e. The molecule has 0 fully saturated rings. The van der Waals surface area contributed by atoms with Gasteiger partial charge in [-0.2, -0.15) is 0 Å². The second-order valence-electron chi connectivity index (χ2n) is 5.56. The molecule has 0 atom stereocenters. The molecule has 23 heavy (non-hydrogen) atoms. The van der Waals surface area contributed by atoms with E-state index < -0.39 is 0 Å². The lowest BCUT2D eigenvalue weighted by Gasteiger charge is -2.08. The first kappa shape index (κ1) is 17.0. The van der Waals surface area contributed by atoms with Gasteiger partial charge in [-0.3, -0.25) is 4.79 Å². The monoisotopic (exact) mass is 311 g/mol. The average Bonchev–Trinajstić information content (AvgIpc) is 2.60. The van der Waals surface area contributed by atoms with Crippen LogP contribution in [0.25, 0.3) is 0 Å². The summed E-state index contributed by atoms with van der Waals surface area (Å²) in [7, 11) is 0. The molecule has 122 valence electrons. The summed E-state index contributed by atoms with van der Waals surface area (Å²) in [5.74, 6) is 0.705. The largest absolute Gasteiger partial charge is 0.370 e. The Morgan fingerprint density at radius 2 is 1.91 bits per heavy atom. The van der Waals surface area contributed by atoms with E-state index in [0.29, 0.717) is 5.56 Å². The van der Waals surface area contributed by atoms with E-state index in [1.54, 1.807) is 18.3 Å². The van der Waals surface area contributed by atoms with Crippen LogP contribution in [0.1, 0.15) is 42.1 Å². The van der Waals surface area contributed by atoms with Crippen molar-refractivity contribution in [2.45, 2.75) is 32.6 Å². The molecule has 0 unspecified atom stereocenters. The van der Waals surface area contributed by atoms with Gasteiger partial charge < -0.3 is 10.6 Å². The molecule has 0 spiro atoms. The molecule has 2 aromatic rings. The van der Waals surface area contributed by atoms with Gasteiger partial charge >= 0.3 is 0 Å². The van der Waals surface area contributed by atoms with Crippen LogP contribution in [0.3, 0.4) is 0 Å². The summed E-state index contributed by atoms with van der Waals surface area (Å²) in [6, 6.07) is 13.9. The first-order chi connectivity index (χ1) is 11.3. The standard InChI is InChI=1S/C19H25N3O/c1-2-3-7-12-22-19(23)17-11-14-21-18(15-17)20-13-10-16-8-5-4-6-9-16/h4-6,8-9,11,14-15H,2-3,7,10,12-13H2,1H3,(H,20,21)(H,22,23). The molecule has 0 saturated carbocycles. The number of carbonyl (C=O) groups excluding carboxylic acids is 1. The SMILES string of the molecule is CCCCCNC(=O)c1ccnc(NCCc2ccccc2)c1. The van der Waals surface area contributed by atoms with E-state index in [2.05, 4.69) is 34.7 Å². The van der Waals surface area contributed by atoms with Crippen LogP contribution in [0, 0.1) is 0 Å². The summed E-state index contributed by atoms with van der Waals surface area (Å²) < 4.78 is 0. The van der Waals surface area contributed by atoms with Crippen LogP contribution in [-0.4, -0.2) is 24.0 Å². The zero-order chi connectivity index (χ0) is 16.3. The van der Waals surface area contributed by atoms with Crippen LogP contribution in [0.5, 0.6) is 0 Å². The van der Waals surface area contributed by atoms with E-state index in [1.807, 2.05) is 18.2 Å². The van der Waals surface area contributed by atoms with Crippen LogP contribution in [0.4, 0.5) is 5.82 Å². The molecule has 0 aliphatic carbocycles. The summed E-state index contributed by atoms with van der Waals surface area (Å²) in [6.07, 6.45) is 5.92. The maximum Gasteiger partial charge on any atom is 0.251 e. The van der Waals surface area contributed by atoms with Crippen molar-refractivity contribution >= 4 is 11.7 Å². The summed E-state index contributed by atoms with van der Waals surface area (Å²) >= 11 is 0. The fraction of sp³-hybridized carbons (Fsp3) is 0.368. The quantitative estimate of drug-likeness (QED) is 0.695. The minimum absolute atomic E-state index is 0.0328. The fourth-order valence-corrected chi connectivity index (χ4v) is 2.33. The van der Waals surface area contributed by atoms with Gasteiger partial charge in [0.2, 0.25) is 0 Å². The lowest BCUT2D eigenvalue weighted by atomic mass is 10.1. The first-order valence-corrected chi connectivity index (χ1v) is 8.31. The van der Waals surface area contributed by atoms with E-state index in [9.17, 15) is 4.79 Å². The summed E-state index contributed by atoms with van der Waals surface area (Å²) in [6.45, 7) is 3.67. The number of rotatable bonds is 9. The van der Waals surface area contributed by atoms with Crippen LogP contribution >= 0.6 is 0 Å². The summed E-state index contributed by atoms with van der Waals surface area (Å²) in [4.78, 5) is 16.4. The van der Waals surface area contributed by atoms with E-state index in [-0.39, 0.29) is 5.91 Å². The molecule has 0 saturated heterocycles. The number of hydrogen-bond acceptors (Lipinski definition) is 3. The van der Waals surface area contributed by atoms with Gasteiger partial charge in [-0.25, -0.2) is 4.98 Å². The topological polar surface area (TPSA) is 54.0 Å². The van der Waals surface area contributed by atoms with E-state index in [4.69, 9.17) is 0 Å². The van der Waals surface area contributed by atoms with Crippen molar-refractivity contribution in [2.24, 2.45) is 0 Å². The number of benzene rings is 1. The molecule has 0 aliphatic heterocycles. The second-order valence-corrected chi connectivity index (χ2v) is 5.56. The van der Waals surface area contributed by atoms with Crippen LogP contribution < -0.4 is 10.6 Å². The second kappa shape index (κ2) is 9.62. The molecular formula is C19H25N3O. The van der Waals surface area contributed by atoms with Crippen molar-refractivity contribution in [1.29, 1.82) is 0 Å². The number of carbonyl (C=O) groups is 1. The lowest BCUT2D eigenvalue weighted by Crippen LogP contribution is -2.24. The third-order valence-electron chi connectivity index (χ3n) is 3.65. The molecule has 4 heteroatoms. The predicted octanol–water partition coefficient (Wildman–Crippen LogP) is 3.66. The minimum atomic E-state index is -0.0328. The third kappa shape index (κ3) is 6.10. The van der Waals surface area contributed by atoms with Gasteiger partial charge in [0.25, 0.3) is 5.91 Å². The number of anilines is 1. The van der Waals surface area contributed by atoms with E-state index in [0.717, 1.165) is 44.6 Å². The Labute approximate surface area is 138 Å². The molecule has 1 heterocycles. The van der Waals surface area contributed by atoms with Gasteiger partial charge in [0.15, 0.2) is 0 Å². The number of amides is 1. The smallest absolute Gasteiger partial charge is 0.251 e. The number of unbranched alkanes of at least 4 members (excludes halogenated alkanes) is 2. The van der Waals surface area contributed by atoms with Crippen molar-refractivity contribution < 1.29 is 4.79 Å². The highest BCUT2D eigenvalue weighted by molar-refractivity contribution is 5.94. The Morgan fingerprint density at radius 3 is 2.70 bits per heavy atom. The van der Waals surface area contributed by atoms with Gasteiger partial charge in [0.1, 0.15) is 5.82 Å². The van der Waals surface area contributed by atoms with Crippen LogP contribution in [-0.2, 0) is 6.42 Å². The van der Waals surface area contributed by atoms with Crippen LogP contribution in [0.2, 0.25) is 0 Å². The van der Waals surface area contributed by atoms with Gasteiger partial charge in [-0.15, -0.1) is 0 Å². The van der Waals surface area contributed by atoms with Gasteiger partial charge in [-0.05, 0) is 30.5 Å². The van der Waals surface area contributed by atoms with Crippen molar-refractivity contribution in [2.75, 3.05) is 18.4 Å². The molecule has 2 N–H and O–H groups in total. The molecule has 1 amide bonds. The zero-order valence-electron chi connectivity index (χ0n) is 13.7. The number of nitrogens with one attached hydrogen (secondary N) is 2. The number of aromatic nitrogens is 1. The fourth-order valence-electron chi connectivity index (χ4n) is 2.33. The molecule has 0 aliphatic rings. The normalized spacial score (nSPS) is 10.3. The first-order valence-electron chi connectivity index (χ1n) is 8.31. The number of hydrogen-bond donors (Lipinski definition) is 2. The van der Waals surface area contributed by atoms with Crippen LogP contribution in [0.15, 0.2) is 48.7 Å². The maximum atomic E-state index is 12.1. The highest BCUT2D eigenvalue weighted by Gasteiger charge is 2.06. The zero-order valence-corrected chi connectivity index (χ0v) is 13.7. The molecule has 0 radical (unpaired) electrons. The summed E-state index contributed by atoms with van der Waals surface area (Å²) in [5.41, 5.74) is 1.93. The van der Waals surface area contributed by atoms with Crippen molar-refractivity contribution in [3.8, 4) is 0 Å². The Hall–Kier alpha value is -2.36. The average molecular weight is 311 g/mol. The maximum absolute atomic E-state index is 12.1. The van der Waals surface area contributed by atoms with Gasteiger partial charge in [0.05, 0.1) is 0 Å². The van der Waals surface area contributed by atoms with Crippen molar-refractivity contribution in [3.05, 3.63) is 59.8 Å². The highest BCUT2D eigenvalue weighted by atomic mass is 16.1. The Bertz CT molecular complexity index is 599. The van der Waals surface area contributed by atoms with E-state index in [1.165, 1.54) is 5.56 Å². The van der Waals surface area contributed by atoms with Gasteiger partial charge in [-0.1, -0.05) is 50.1 Å². The molecule has 1 aromatic heterocycles. The molecule has 1 aromatic carbocycles. The molecular weight excluding hydrogens is 286 g/mol. The van der Waals surface area contributed by atoms with E-state index >= 15 is 0 Å². The van der Waals surface area contributed by atoms with Crippen molar-refractivity contribution in [1.82, 2.24) is 10.3 Å². The number of pyridine rings is 1. The molecule has 4 nitrogen and oxygen atoms in total. The molecule has 2 rings (SSSR count). The predicted molar refractivity (Wildman–Crippen MR) is 94.7 cm³/mol. The van der Waals surface area contributed by atoms with Crippen molar-refractivity contribution in [3.63, 3.8) is 0 Å². The number of nitrogens with zero attached hydrogens (tertiary/aromatic N) is 1. The molecule has 0 bridgehead atoms. The third-order valence-corrected chi connectivity index (χ3v) is 3.65. The Morgan fingerprint density at radius 1 is 1.09 bits per heavy atom. The van der Waals surface area contributed by atoms with Gasteiger partial charge in [0, 0.05) is 24.8 Å². The Balaban J connectivity index is 1.80. The Kier molecular flexibility index (Phi) is 7.11. The lowest BCUT2D eigenvalue weighted by molar-refractivity contribution is 0.0953. The highest BCUT2D eigenvalue weighted by Crippen LogP contribution is 2.08.